The summed E-state index contributed by atoms with van der Waals surface area (Å²) in [5.41, 5.74) is 6.21. The van der Waals surface area contributed by atoms with Crippen LogP contribution in [0.4, 0.5) is 4.79 Å². The number of urea groups is 1. The zero-order chi connectivity index (χ0) is 8.55. The molecule has 2 rings (SSSR count). The van der Waals surface area contributed by atoms with Crippen LogP contribution in [0.25, 0.3) is 0 Å². The van der Waals surface area contributed by atoms with E-state index in [1.165, 1.54) is 4.90 Å². The topological polar surface area (TPSA) is 58.4 Å². The fraction of sp³-hybridized carbons (Fsp3) is 0.375. The predicted octanol–water partition coefficient (Wildman–Crippen LogP) is 0.345. The van der Waals surface area contributed by atoms with Gasteiger partial charge in [-0.25, -0.2) is 4.79 Å². The molecule has 0 aromatic rings. The van der Waals surface area contributed by atoms with Crippen LogP contribution in [0.3, 0.4) is 0 Å². The molecule has 2 aliphatic rings. The van der Waals surface area contributed by atoms with Crippen LogP contribution in [0, 0.1) is 5.92 Å². The summed E-state index contributed by atoms with van der Waals surface area (Å²) in [6.07, 6.45) is 6.60. The molecule has 64 valence electrons. The van der Waals surface area contributed by atoms with Crippen molar-refractivity contribution in [2.24, 2.45) is 11.7 Å². The number of amides is 2. The molecule has 1 atom stereocenters. The zero-order valence-corrected chi connectivity index (χ0v) is 6.66. The molecule has 1 unspecified atom stereocenters. The molecule has 0 radical (unpaired) electrons. The van der Waals surface area contributed by atoms with Crippen molar-refractivity contribution in [3.63, 3.8) is 0 Å². The molecule has 2 aliphatic heterocycles. The number of rotatable bonds is 0. The van der Waals surface area contributed by atoms with Crippen LogP contribution in [0.1, 0.15) is 6.42 Å². The Morgan fingerprint density at radius 1 is 1.75 bits per heavy atom. The summed E-state index contributed by atoms with van der Waals surface area (Å²) in [7, 11) is 0. The fourth-order valence-corrected chi connectivity index (χ4v) is 1.53. The van der Waals surface area contributed by atoms with Crippen LogP contribution in [0.5, 0.6) is 0 Å². The van der Waals surface area contributed by atoms with E-state index < -0.39 is 6.03 Å². The first-order chi connectivity index (χ1) is 5.77. The van der Waals surface area contributed by atoms with Crippen molar-refractivity contribution in [2.45, 2.75) is 6.42 Å². The van der Waals surface area contributed by atoms with Crippen molar-refractivity contribution in [1.82, 2.24) is 10.2 Å². The van der Waals surface area contributed by atoms with Gasteiger partial charge >= 0.3 is 6.03 Å². The van der Waals surface area contributed by atoms with Crippen LogP contribution in [-0.4, -0.2) is 17.5 Å². The molecule has 2 heterocycles. The van der Waals surface area contributed by atoms with Crippen LogP contribution < -0.4 is 11.1 Å². The number of allylic oxidation sites excluding steroid dienone is 1. The third kappa shape index (κ3) is 1.05. The smallest absolute Gasteiger partial charge is 0.322 e. The van der Waals surface area contributed by atoms with Gasteiger partial charge in [-0.05, 0) is 6.42 Å². The van der Waals surface area contributed by atoms with Crippen molar-refractivity contribution in [1.29, 1.82) is 0 Å². The van der Waals surface area contributed by atoms with E-state index in [0.29, 0.717) is 5.92 Å². The van der Waals surface area contributed by atoms with E-state index in [0.717, 1.165) is 18.7 Å². The normalized spacial score (nSPS) is 26.2. The van der Waals surface area contributed by atoms with Gasteiger partial charge in [-0.3, -0.25) is 4.90 Å². The lowest BCUT2D eigenvalue weighted by Gasteiger charge is -2.19. The first kappa shape index (κ1) is 7.21. The van der Waals surface area contributed by atoms with Gasteiger partial charge in [-0.1, -0.05) is 6.08 Å². The van der Waals surface area contributed by atoms with E-state index in [9.17, 15) is 4.79 Å². The number of hydrogen-bond acceptors (Lipinski definition) is 2. The lowest BCUT2D eigenvalue weighted by molar-refractivity contribution is 0.234. The van der Waals surface area contributed by atoms with Crippen molar-refractivity contribution >= 4 is 6.03 Å². The third-order valence-electron chi connectivity index (χ3n) is 2.20. The average Bonchev–Trinajstić information content (AvgIpc) is 2.49. The Kier molecular flexibility index (Phi) is 1.53. The SMILES string of the molecule is NC(=O)N1C=CC2CCNC2=C1. The maximum Gasteiger partial charge on any atom is 0.322 e. The first-order valence-corrected chi connectivity index (χ1v) is 3.99. The monoisotopic (exact) mass is 165 g/mol. The Morgan fingerprint density at radius 3 is 3.33 bits per heavy atom. The van der Waals surface area contributed by atoms with Gasteiger partial charge in [0, 0.05) is 30.6 Å². The lowest BCUT2D eigenvalue weighted by Crippen LogP contribution is -2.30. The zero-order valence-electron chi connectivity index (χ0n) is 6.66. The number of hydrogen-bond donors (Lipinski definition) is 2. The summed E-state index contributed by atoms with van der Waals surface area (Å²) < 4.78 is 0. The van der Waals surface area contributed by atoms with E-state index in [-0.39, 0.29) is 0 Å². The quantitative estimate of drug-likeness (QED) is 0.544. The molecule has 0 bridgehead atoms. The summed E-state index contributed by atoms with van der Waals surface area (Å²) in [4.78, 5) is 12.2. The molecule has 12 heavy (non-hydrogen) atoms. The molecule has 4 heteroatoms. The largest absolute Gasteiger partial charge is 0.387 e. The van der Waals surface area contributed by atoms with Crippen LogP contribution >= 0.6 is 0 Å². The predicted molar refractivity (Wildman–Crippen MR) is 44.8 cm³/mol. The summed E-state index contributed by atoms with van der Waals surface area (Å²) >= 11 is 0. The minimum Gasteiger partial charge on any atom is -0.387 e. The van der Waals surface area contributed by atoms with Gasteiger partial charge < -0.3 is 11.1 Å². The highest BCUT2D eigenvalue weighted by molar-refractivity contribution is 5.74. The number of fused-ring (bicyclic) bond motifs is 1. The van der Waals surface area contributed by atoms with Gasteiger partial charge in [0.05, 0.1) is 0 Å². The summed E-state index contributed by atoms with van der Waals surface area (Å²) in [6, 6.07) is -0.439. The number of nitrogens with two attached hydrogens (primary N) is 1. The number of nitrogens with one attached hydrogen (secondary N) is 1. The Hall–Kier alpha value is -1.45. The second-order valence-corrected chi connectivity index (χ2v) is 2.99. The van der Waals surface area contributed by atoms with Crippen molar-refractivity contribution in [2.75, 3.05) is 6.54 Å². The molecule has 4 nitrogen and oxygen atoms in total. The Bertz CT molecular complexity index is 269. The van der Waals surface area contributed by atoms with Crippen molar-refractivity contribution < 1.29 is 4.79 Å². The molecule has 0 aliphatic carbocycles. The van der Waals surface area contributed by atoms with E-state index in [4.69, 9.17) is 5.73 Å². The maximum absolute atomic E-state index is 10.8. The minimum atomic E-state index is -0.439. The second kappa shape index (κ2) is 2.55. The Balaban J connectivity index is 2.20. The molecule has 0 spiro atoms. The van der Waals surface area contributed by atoms with E-state index in [1.54, 1.807) is 12.4 Å². The maximum atomic E-state index is 10.8. The van der Waals surface area contributed by atoms with Crippen LogP contribution in [-0.2, 0) is 0 Å². The molecule has 0 aromatic heterocycles. The highest BCUT2D eigenvalue weighted by Crippen LogP contribution is 2.24. The van der Waals surface area contributed by atoms with E-state index in [2.05, 4.69) is 5.32 Å². The van der Waals surface area contributed by atoms with Gasteiger partial charge in [0.2, 0.25) is 0 Å². The van der Waals surface area contributed by atoms with Gasteiger partial charge in [0.25, 0.3) is 0 Å². The average molecular weight is 165 g/mol. The molecule has 1 saturated heterocycles. The number of carbonyl (C=O) groups excluding carboxylic acids is 1. The first-order valence-electron chi connectivity index (χ1n) is 3.99. The molecule has 2 amide bonds. The molecule has 3 N–H and O–H groups in total. The van der Waals surface area contributed by atoms with E-state index >= 15 is 0 Å². The third-order valence-corrected chi connectivity index (χ3v) is 2.20. The molecule has 1 fully saturated rings. The Morgan fingerprint density at radius 2 is 2.58 bits per heavy atom. The van der Waals surface area contributed by atoms with Crippen molar-refractivity contribution in [3.05, 3.63) is 24.2 Å². The standard InChI is InChI=1S/C8H11N3O/c9-8(12)11-4-2-6-1-3-10-7(6)5-11/h2,4-6,10H,1,3H2,(H2,9,12). The van der Waals surface area contributed by atoms with Gasteiger partial charge in [0.15, 0.2) is 0 Å². The van der Waals surface area contributed by atoms with Crippen LogP contribution in [0.2, 0.25) is 0 Å². The minimum absolute atomic E-state index is 0.439. The van der Waals surface area contributed by atoms with Crippen LogP contribution in [0.15, 0.2) is 24.2 Å². The molecular formula is C8H11N3O. The van der Waals surface area contributed by atoms with E-state index in [1.807, 2.05) is 6.08 Å². The Labute approximate surface area is 70.7 Å². The second-order valence-electron chi connectivity index (χ2n) is 2.99. The summed E-state index contributed by atoms with van der Waals surface area (Å²) in [6.45, 7) is 0.980. The highest BCUT2D eigenvalue weighted by Gasteiger charge is 2.22. The summed E-state index contributed by atoms with van der Waals surface area (Å²) in [5.74, 6) is 0.459. The lowest BCUT2D eigenvalue weighted by atomic mass is 10.0. The number of carbonyl (C=O) groups is 1. The summed E-state index contributed by atoms with van der Waals surface area (Å²) in [5, 5.41) is 3.20. The highest BCUT2D eigenvalue weighted by atomic mass is 16.2. The van der Waals surface area contributed by atoms with Gasteiger partial charge in [0.1, 0.15) is 0 Å². The fourth-order valence-electron chi connectivity index (χ4n) is 1.53. The van der Waals surface area contributed by atoms with Gasteiger partial charge in [-0.15, -0.1) is 0 Å². The van der Waals surface area contributed by atoms with Gasteiger partial charge in [-0.2, -0.15) is 0 Å². The number of nitrogens with zero attached hydrogens (tertiary/aromatic N) is 1. The number of primary amides is 1. The molecular weight excluding hydrogens is 154 g/mol. The van der Waals surface area contributed by atoms with Crippen molar-refractivity contribution in [3.8, 4) is 0 Å². The molecule has 0 aromatic carbocycles. The molecule has 0 saturated carbocycles.